The second-order valence-electron chi connectivity index (χ2n) is 4.26. The second kappa shape index (κ2) is 6.24. The molecule has 1 aromatic carbocycles. The summed E-state index contributed by atoms with van der Waals surface area (Å²) in [4.78, 5) is 0.551. The first-order valence-corrected chi connectivity index (χ1v) is 8.63. The summed E-state index contributed by atoms with van der Waals surface area (Å²) >= 11 is 7.11. The van der Waals surface area contributed by atoms with Crippen molar-refractivity contribution >= 4 is 33.0 Å². The Morgan fingerprint density at radius 1 is 1.40 bits per heavy atom. The fraction of sp³-hybridized carbons (Fsp3) is 0.231. The summed E-state index contributed by atoms with van der Waals surface area (Å²) in [6.45, 7) is 1.45. The van der Waals surface area contributed by atoms with Crippen LogP contribution < -0.4 is 4.72 Å². The van der Waals surface area contributed by atoms with Crippen molar-refractivity contribution in [2.24, 2.45) is 0 Å². The minimum atomic E-state index is -3.66. The first-order valence-electron chi connectivity index (χ1n) is 5.89. The van der Waals surface area contributed by atoms with E-state index in [2.05, 4.69) is 4.72 Å². The SMILES string of the molecule is CC(NS(=O)(=O)c1ccsc1CO)c1cccc(Cl)c1. The fourth-order valence-electron chi connectivity index (χ4n) is 1.82. The van der Waals surface area contributed by atoms with Crippen LogP contribution in [-0.2, 0) is 16.6 Å². The summed E-state index contributed by atoms with van der Waals surface area (Å²) < 4.78 is 27.2. The molecule has 0 saturated heterocycles. The number of rotatable bonds is 5. The van der Waals surface area contributed by atoms with Gasteiger partial charge in [-0.15, -0.1) is 11.3 Å². The molecule has 20 heavy (non-hydrogen) atoms. The van der Waals surface area contributed by atoms with Crippen LogP contribution in [0.5, 0.6) is 0 Å². The van der Waals surface area contributed by atoms with E-state index in [1.807, 2.05) is 0 Å². The Bertz CT molecular complexity index is 697. The number of nitrogens with one attached hydrogen (secondary N) is 1. The number of thiophene rings is 1. The smallest absolute Gasteiger partial charge is 0.242 e. The van der Waals surface area contributed by atoms with Crippen molar-refractivity contribution in [2.45, 2.75) is 24.5 Å². The van der Waals surface area contributed by atoms with Gasteiger partial charge < -0.3 is 5.11 Å². The van der Waals surface area contributed by atoms with Crippen molar-refractivity contribution in [3.8, 4) is 0 Å². The Hall–Kier alpha value is -0.920. The van der Waals surface area contributed by atoms with Gasteiger partial charge in [-0.1, -0.05) is 23.7 Å². The molecule has 2 N–H and O–H groups in total. The highest BCUT2D eigenvalue weighted by molar-refractivity contribution is 7.89. The number of aliphatic hydroxyl groups excluding tert-OH is 1. The predicted molar refractivity (Wildman–Crippen MR) is 80.4 cm³/mol. The van der Waals surface area contributed by atoms with E-state index in [4.69, 9.17) is 16.7 Å². The molecular weight excluding hydrogens is 318 g/mol. The van der Waals surface area contributed by atoms with Crippen molar-refractivity contribution < 1.29 is 13.5 Å². The highest BCUT2D eigenvalue weighted by Gasteiger charge is 2.22. The summed E-state index contributed by atoms with van der Waals surface area (Å²) in [5.41, 5.74) is 0.779. The molecule has 0 spiro atoms. The largest absolute Gasteiger partial charge is 0.391 e. The van der Waals surface area contributed by atoms with Crippen LogP contribution in [0.25, 0.3) is 0 Å². The molecule has 108 valence electrons. The molecule has 1 unspecified atom stereocenters. The summed E-state index contributed by atoms with van der Waals surface area (Å²) in [6.07, 6.45) is 0. The van der Waals surface area contributed by atoms with Crippen molar-refractivity contribution in [3.05, 3.63) is 51.2 Å². The van der Waals surface area contributed by atoms with Crippen LogP contribution in [0.2, 0.25) is 5.02 Å². The monoisotopic (exact) mass is 331 g/mol. The second-order valence-corrected chi connectivity index (χ2v) is 7.38. The Balaban J connectivity index is 2.24. The normalized spacial score (nSPS) is 13.3. The number of hydrogen-bond acceptors (Lipinski definition) is 4. The molecule has 0 aliphatic carbocycles. The van der Waals surface area contributed by atoms with Gasteiger partial charge >= 0.3 is 0 Å². The van der Waals surface area contributed by atoms with Crippen molar-refractivity contribution in [1.82, 2.24) is 4.72 Å². The zero-order valence-electron chi connectivity index (χ0n) is 10.7. The highest BCUT2D eigenvalue weighted by atomic mass is 35.5. The third-order valence-electron chi connectivity index (χ3n) is 2.82. The Morgan fingerprint density at radius 3 is 2.80 bits per heavy atom. The third kappa shape index (κ3) is 3.39. The van der Waals surface area contributed by atoms with Crippen molar-refractivity contribution in [1.29, 1.82) is 0 Å². The molecule has 1 atom stereocenters. The Labute approximate surface area is 127 Å². The summed E-state index contributed by atoms with van der Waals surface area (Å²) in [5.74, 6) is 0. The minimum Gasteiger partial charge on any atom is -0.391 e. The van der Waals surface area contributed by atoms with Gasteiger partial charge in [0.05, 0.1) is 11.5 Å². The minimum absolute atomic E-state index is 0.124. The Kier molecular flexibility index (Phi) is 4.82. The molecule has 0 fully saturated rings. The number of aliphatic hydroxyl groups is 1. The number of hydrogen-bond donors (Lipinski definition) is 2. The first-order chi connectivity index (χ1) is 9.44. The maximum atomic E-state index is 12.3. The summed E-state index contributed by atoms with van der Waals surface area (Å²) in [5, 5.41) is 11.4. The molecule has 0 bridgehead atoms. The topological polar surface area (TPSA) is 66.4 Å². The lowest BCUT2D eigenvalue weighted by atomic mass is 10.1. The maximum Gasteiger partial charge on any atom is 0.242 e. The molecule has 1 heterocycles. The van der Waals surface area contributed by atoms with E-state index in [1.165, 1.54) is 17.4 Å². The zero-order valence-corrected chi connectivity index (χ0v) is 13.1. The van der Waals surface area contributed by atoms with Gasteiger partial charge in [0.2, 0.25) is 10.0 Å². The fourth-order valence-corrected chi connectivity index (χ4v) is 4.55. The standard InChI is InChI=1S/C13H14ClNO3S2/c1-9(10-3-2-4-11(14)7-10)15-20(17,18)13-5-6-19-12(13)8-16/h2-7,9,15-16H,8H2,1H3. The van der Waals surface area contributed by atoms with E-state index >= 15 is 0 Å². The van der Waals surface area contributed by atoms with Gasteiger partial charge in [-0.05, 0) is 36.1 Å². The van der Waals surface area contributed by atoms with Crippen LogP contribution in [-0.4, -0.2) is 13.5 Å². The molecule has 1 aromatic heterocycles. The van der Waals surface area contributed by atoms with Gasteiger partial charge in [-0.2, -0.15) is 0 Å². The zero-order chi connectivity index (χ0) is 14.8. The molecule has 0 saturated carbocycles. The van der Waals surface area contributed by atoms with E-state index in [1.54, 1.807) is 36.6 Å². The maximum absolute atomic E-state index is 12.3. The van der Waals surface area contributed by atoms with Crippen LogP contribution in [0, 0.1) is 0 Å². The van der Waals surface area contributed by atoms with Crippen LogP contribution in [0.1, 0.15) is 23.4 Å². The molecule has 2 rings (SSSR count). The van der Waals surface area contributed by atoms with Gasteiger partial charge in [0.25, 0.3) is 0 Å². The van der Waals surface area contributed by atoms with Crippen LogP contribution in [0.3, 0.4) is 0 Å². The van der Waals surface area contributed by atoms with Gasteiger partial charge in [-0.3, -0.25) is 0 Å². The quantitative estimate of drug-likeness (QED) is 0.885. The lowest BCUT2D eigenvalue weighted by molar-refractivity contribution is 0.282. The van der Waals surface area contributed by atoms with E-state index in [0.717, 1.165) is 5.56 Å². The van der Waals surface area contributed by atoms with Crippen LogP contribution >= 0.6 is 22.9 Å². The van der Waals surface area contributed by atoms with Crippen LogP contribution in [0.15, 0.2) is 40.6 Å². The average molecular weight is 332 g/mol. The predicted octanol–water partition coefficient (Wildman–Crippen LogP) is 2.93. The van der Waals surface area contributed by atoms with E-state index in [0.29, 0.717) is 9.90 Å². The number of sulfonamides is 1. The van der Waals surface area contributed by atoms with E-state index < -0.39 is 16.1 Å². The molecular formula is C13H14ClNO3S2. The van der Waals surface area contributed by atoms with E-state index in [-0.39, 0.29) is 11.5 Å². The molecule has 7 heteroatoms. The molecule has 0 aliphatic heterocycles. The molecule has 0 aliphatic rings. The van der Waals surface area contributed by atoms with Crippen LogP contribution in [0.4, 0.5) is 0 Å². The van der Waals surface area contributed by atoms with Gasteiger partial charge in [0.1, 0.15) is 0 Å². The summed E-state index contributed by atoms with van der Waals surface area (Å²) in [6, 6.07) is 8.10. The molecule has 0 radical (unpaired) electrons. The lowest BCUT2D eigenvalue weighted by Gasteiger charge is -2.15. The molecule has 4 nitrogen and oxygen atoms in total. The third-order valence-corrected chi connectivity index (χ3v) is 5.71. The lowest BCUT2D eigenvalue weighted by Crippen LogP contribution is -2.27. The summed E-state index contributed by atoms with van der Waals surface area (Å²) in [7, 11) is -3.66. The highest BCUT2D eigenvalue weighted by Crippen LogP contribution is 2.24. The van der Waals surface area contributed by atoms with E-state index in [9.17, 15) is 8.42 Å². The molecule has 2 aromatic rings. The van der Waals surface area contributed by atoms with Crippen molar-refractivity contribution in [2.75, 3.05) is 0 Å². The van der Waals surface area contributed by atoms with Gasteiger partial charge in [0, 0.05) is 15.9 Å². The first kappa shape index (κ1) is 15.5. The molecule has 0 amide bonds. The van der Waals surface area contributed by atoms with Crippen molar-refractivity contribution in [3.63, 3.8) is 0 Å². The Morgan fingerprint density at radius 2 is 2.15 bits per heavy atom. The number of halogens is 1. The van der Waals surface area contributed by atoms with Gasteiger partial charge in [0.15, 0.2) is 0 Å². The van der Waals surface area contributed by atoms with Gasteiger partial charge in [-0.25, -0.2) is 13.1 Å². The number of benzene rings is 1. The average Bonchev–Trinajstić information content (AvgIpc) is 2.87.